The van der Waals surface area contributed by atoms with Crippen molar-refractivity contribution < 1.29 is 4.74 Å². The highest BCUT2D eigenvalue weighted by molar-refractivity contribution is 4.83. The Hall–Kier alpha value is -0.120. The van der Waals surface area contributed by atoms with Crippen LogP contribution in [0.1, 0.15) is 58.8 Å². The normalized spacial score (nSPS) is 28.9. The van der Waals surface area contributed by atoms with E-state index >= 15 is 0 Å². The lowest BCUT2D eigenvalue weighted by Crippen LogP contribution is -2.40. The standard InChI is InChI=1S/C16H32N2O/c1-13(2)9-10-18(14-5-3-4-6-14)12-16-8-7-15(11-17)19-16/h13-16H,3-12,17H2,1-2H3. The molecule has 1 aliphatic carbocycles. The molecule has 3 heteroatoms. The topological polar surface area (TPSA) is 38.5 Å². The minimum absolute atomic E-state index is 0.320. The van der Waals surface area contributed by atoms with E-state index in [1.54, 1.807) is 0 Å². The summed E-state index contributed by atoms with van der Waals surface area (Å²) in [5.41, 5.74) is 5.71. The second-order valence-electron chi connectivity index (χ2n) is 6.81. The zero-order chi connectivity index (χ0) is 13.7. The first-order chi connectivity index (χ1) is 9.19. The third kappa shape index (κ3) is 4.73. The van der Waals surface area contributed by atoms with Crippen molar-refractivity contribution in [1.82, 2.24) is 4.90 Å². The van der Waals surface area contributed by atoms with Gasteiger partial charge in [0.1, 0.15) is 0 Å². The molecule has 0 aromatic carbocycles. The van der Waals surface area contributed by atoms with Crippen molar-refractivity contribution in [3.63, 3.8) is 0 Å². The third-order valence-electron chi connectivity index (χ3n) is 4.73. The van der Waals surface area contributed by atoms with Gasteiger partial charge >= 0.3 is 0 Å². The molecule has 2 rings (SSSR count). The highest BCUT2D eigenvalue weighted by Gasteiger charge is 2.29. The quantitative estimate of drug-likeness (QED) is 0.771. The molecule has 0 aromatic rings. The van der Waals surface area contributed by atoms with Crippen LogP contribution < -0.4 is 5.73 Å². The molecule has 2 fully saturated rings. The lowest BCUT2D eigenvalue weighted by Gasteiger charge is -2.31. The summed E-state index contributed by atoms with van der Waals surface area (Å²) < 4.78 is 6.04. The van der Waals surface area contributed by atoms with Gasteiger partial charge in [-0.1, -0.05) is 26.7 Å². The van der Waals surface area contributed by atoms with Crippen molar-refractivity contribution in [2.75, 3.05) is 19.6 Å². The van der Waals surface area contributed by atoms with E-state index in [0.29, 0.717) is 18.8 Å². The average Bonchev–Trinajstić information content (AvgIpc) is 3.05. The second-order valence-corrected chi connectivity index (χ2v) is 6.81. The molecule has 1 heterocycles. The van der Waals surface area contributed by atoms with Crippen LogP contribution in [0.15, 0.2) is 0 Å². The van der Waals surface area contributed by atoms with Gasteiger partial charge < -0.3 is 10.5 Å². The Balaban J connectivity index is 1.82. The Bertz CT molecular complexity index is 251. The smallest absolute Gasteiger partial charge is 0.0707 e. The fraction of sp³-hybridized carbons (Fsp3) is 1.00. The van der Waals surface area contributed by atoms with Crippen LogP contribution in [0.4, 0.5) is 0 Å². The minimum atomic E-state index is 0.320. The molecule has 0 spiro atoms. The Kier molecular flexibility index (Phi) is 6.11. The van der Waals surface area contributed by atoms with E-state index in [0.717, 1.165) is 24.9 Å². The zero-order valence-electron chi connectivity index (χ0n) is 12.8. The van der Waals surface area contributed by atoms with E-state index in [1.165, 1.54) is 45.1 Å². The first-order valence-corrected chi connectivity index (χ1v) is 8.28. The number of nitrogens with two attached hydrogens (primary N) is 1. The van der Waals surface area contributed by atoms with Gasteiger partial charge in [-0.05, 0) is 44.6 Å². The highest BCUT2D eigenvalue weighted by atomic mass is 16.5. The van der Waals surface area contributed by atoms with E-state index in [1.807, 2.05) is 0 Å². The molecular formula is C16H32N2O. The minimum Gasteiger partial charge on any atom is -0.372 e. The summed E-state index contributed by atoms with van der Waals surface area (Å²) in [6.07, 6.45) is 10.0. The molecule has 2 N–H and O–H groups in total. The predicted octanol–water partition coefficient (Wildman–Crippen LogP) is 2.78. The van der Waals surface area contributed by atoms with Gasteiger partial charge in [-0.3, -0.25) is 4.90 Å². The van der Waals surface area contributed by atoms with Crippen molar-refractivity contribution in [1.29, 1.82) is 0 Å². The van der Waals surface area contributed by atoms with Crippen LogP contribution in [0.5, 0.6) is 0 Å². The fourth-order valence-electron chi connectivity index (χ4n) is 3.47. The van der Waals surface area contributed by atoms with E-state index in [-0.39, 0.29) is 0 Å². The molecule has 2 aliphatic rings. The van der Waals surface area contributed by atoms with Crippen LogP contribution in [-0.2, 0) is 4.74 Å². The van der Waals surface area contributed by atoms with Gasteiger partial charge in [-0.25, -0.2) is 0 Å². The molecule has 0 amide bonds. The summed E-state index contributed by atoms with van der Waals surface area (Å²) >= 11 is 0. The van der Waals surface area contributed by atoms with E-state index in [2.05, 4.69) is 18.7 Å². The Morgan fingerprint density at radius 3 is 2.37 bits per heavy atom. The molecule has 1 saturated carbocycles. The van der Waals surface area contributed by atoms with Gasteiger partial charge in [0, 0.05) is 19.1 Å². The highest BCUT2D eigenvalue weighted by Crippen LogP contribution is 2.27. The van der Waals surface area contributed by atoms with Crippen molar-refractivity contribution in [2.45, 2.75) is 77.0 Å². The lowest BCUT2D eigenvalue weighted by atomic mass is 10.1. The van der Waals surface area contributed by atoms with Crippen LogP contribution in [0, 0.1) is 5.92 Å². The van der Waals surface area contributed by atoms with Gasteiger partial charge in [0.25, 0.3) is 0 Å². The Morgan fingerprint density at radius 2 is 1.79 bits per heavy atom. The number of rotatable bonds is 7. The Labute approximate surface area is 118 Å². The number of hydrogen-bond donors (Lipinski definition) is 1. The van der Waals surface area contributed by atoms with Crippen LogP contribution in [0.2, 0.25) is 0 Å². The van der Waals surface area contributed by atoms with Crippen molar-refractivity contribution in [2.24, 2.45) is 11.7 Å². The number of nitrogens with zero attached hydrogens (tertiary/aromatic N) is 1. The maximum absolute atomic E-state index is 6.04. The maximum Gasteiger partial charge on any atom is 0.0707 e. The van der Waals surface area contributed by atoms with Gasteiger partial charge in [0.15, 0.2) is 0 Å². The summed E-state index contributed by atoms with van der Waals surface area (Å²) in [5, 5.41) is 0. The summed E-state index contributed by atoms with van der Waals surface area (Å²) in [7, 11) is 0. The van der Waals surface area contributed by atoms with E-state index < -0.39 is 0 Å². The molecule has 1 aliphatic heterocycles. The summed E-state index contributed by atoms with van der Waals surface area (Å²) in [6, 6.07) is 0.819. The molecule has 1 saturated heterocycles. The average molecular weight is 268 g/mol. The molecule has 0 bridgehead atoms. The lowest BCUT2D eigenvalue weighted by molar-refractivity contribution is 0.0168. The van der Waals surface area contributed by atoms with Crippen molar-refractivity contribution in [3.8, 4) is 0 Å². The van der Waals surface area contributed by atoms with E-state index in [9.17, 15) is 0 Å². The second kappa shape index (κ2) is 7.61. The summed E-state index contributed by atoms with van der Waals surface area (Å²) in [5.74, 6) is 0.796. The first-order valence-electron chi connectivity index (χ1n) is 8.28. The fourth-order valence-corrected chi connectivity index (χ4v) is 3.47. The van der Waals surface area contributed by atoms with Crippen LogP contribution in [-0.4, -0.2) is 42.8 Å². The number of ether oxygens (including phenoxy) is 1. The Morgan fingerprint density at radius 1 is 1.11 bits per heavy atom. The largest absolute Gasteiger partial charge is 0.372 e. The van der Waals surface area contributed by atoms with Crippen LogP contribution in [0.25, 0.3) is 0 Å². The molecule has 2 atom stereocenters. The van der Waals surface area contributed by atoms with Gasteiger partial charge in [0.2, 0.25) is 0 Å². The first kappa shape index (κ1) is 15.3. The van der Waals surface area contributed by atoms with Gasteiger partial charge in [0.05, 0.1) is 12.2 Å². The molecule has 112 valence electrons. The SMILES string of the molecule is CC(C)CCN(CC1CCC(CN)O1)C1CCCC1. The summed E-state index contributed by atoms with van der Waals surface area (Å²) in [6.45, 7) is 7.71. The van der Waals surface area contributed by atoms with Crippen molar-refractivity contribution >= 4 is 0 Å². The van der Waals surface area contributed by atoms with Crippen molar-refractivity contribution in [3.05, 3.63) is 0 Å². The predicted molar refractivity (Wildman–Crippen MR) is 80.2 cm³/mol. The molecule has 3 nitrogen and oxygen atoms in total. The summed E-state index contributed by atoms with van der Waals surface area (Å²) in [4.78, 5) is 2.72. The number of hydrogen-bond acceptors (Lipinski definition) is 3. The van der Waals surface area contributed by atoms with Crippen LogP contribution >= 0.6 is 0 Å². The van der Waals surface area contributed by atoms with Gasteiger partial charge in [-0.2, -0.15) is 0 Å². The maximum atomic E-state index is 6.04. The monoisotopic (exact) mass is 268 g/mol. The molecule has 0 aromatic heterocycles. The van der Waals surface area contributed by atoms with Gasteiger partial charge in [-0.15, -0.1) is 0 Å². The molecule has 19 heavy (non-hydrogen) atoms. The molecule has 0 radical (unpaired) electrons. The van der Waals surface area contributed by atoms with Crippen LogP contribution in [0.3, 0.4) is 0 Å². The van der Waals surface area contributed by atoms with E-state index in [4.69, 9.17) is 10.5 Å². The third-order valence-corrected chi connectivity index (χ3v) is 4.73. The molecule has 2 unspecified atom stereocenters. The molecular weight excluding hydrogens is 236 g/mol. The zero-order valence-corrected chi connectivity index (χ0v) is 12.8.